The lowest BCUT2D eigenvalue weighted by molar-refractivity contribution is -0.159. The van der Waals surface area contributed by atoms with Crippen LogP contribution in [0.5, 0.6) is 0 Å². The highest BCUT2D eigenvalue weighted by atomic mass is 16.6. The average molecular weight is 349 g/mol. The van der Waals surface area contributed by atoms with E-state index in [1.54, 1.807) is 6.07 Å². The zero-order valence-corrected chi connectivity index (χ0v) is 13.3. The molecule has 0 aromatic carbocycles. The summed E-state index contributed by atoms with van der Waals surface area (Å²) in [6.07, 6.45) is 0.677. The third-order valence-electron chi connectivity index (χ3n) is 4.41. The van der Waals surface area contributed by atoms with Crippen LogP contribution >= 0.6 is 0 Å². The van der Waals surface area contributed by atoms with Gasteiger partial charge in [-0.15, -0.1) is 0 Å². The van der Waals surface area contributed by atoms with Gasteiger partial charge in [-0.05, 0) is 19.1 Å². The van der Waals surface area contributed by atoms with Crippen LogP contribution in [-0.2, 0) is 28.6 Å². The first-order chi connectivity index (χ1) is 11.8. The van der Waals surface area contributed by atoms with Crippen molar-refractivity contribution < 1.29 is 38.5 Å². The van der Waals surface area contributed by atoms with Gasteiger partial charge in [0, 0.05) is 6.20 Å². The lowest BCUT2D eigenvalue weighted by Crippen LogP contribution is -2.48. The minimum atomic E-state index is -2.05. The second kappa shape index (κ2) is 5.85. The van der Waals surface area contributed by atoms with E-state index in [9.17, 15) is 24.3 Å². The molecule has 0 spiro atoms. The molecule has 1 aromatic rings. The van der Waals surface area contributed by atoms with Crippen LogP contribution in [0.25, 0.3) is 0 Å². The van der Waals surface area contributed by atoms with Gasteiger partial charge in [-0.2, -0.15) is 0 Å². The molecule has 3 rings (SSSR count). The number of aromatic nitrogens is 1. The summed E-state index contributed by atoms with van der Waals surface area (Å²) in [5.41, 5.74) is -2.19. The van der Waals surface area contributed by atoms with E-state index >= 15 is 0 Å². The molecule has 1 aromatic heterocycles. The predicted molar refractivity (Wildman–Crippen MR) is 78.8 cm³/mol. The average Bonchev–Trinajstić information content (AvgIpc) is 3.17. The first kappa shape index (κ1) is 16.9. The van der Waals surface area contributed by atoms with Crippen LogP contribution in [0.1, 0.15) is 17.4 Å². The standard InChI is InChI=1S/C16H15NO8/c1-16(22)10-9(7(13(19)23-2)6-24-15(10)21)11(18)12(16)25-14(20)8-4-3-5-17-8/h3-6,9-10,12,17,22H,1-2H3/t9-,10-,12+,16-/m1/s1. The number of carbonyl (C=O) groups excluding carboxylic acids is 4. The Bertz CT molecular complexity index is 776. The maximum absolute atomic E-state index is 12.7. The Hall–Kier alpha value is -2.94. The summed E-state index contributed by atoms with van der Waals surface area (Å²) < 4.78 is 14.5. The van der Waals surface area contributed by atoms with Crippen LogP contribution in [0.2, 0.25) is 0 Å². The summed E-state index contributed by atoms with van der Waals surface area (Å²) in [6, 6.07) is 2.98. The molecule has 1 fully saturated rings. The topological polar surface area (TPSA) is 132 Å². The van der Waals surface area contributed by atoms with Gasteiger partial charge in [0.25, 0.3) is 0 Å². The molecular formula is C16H15NO8. The zero-order chi connectivity index (χ0) is 18.4. The number of carbonyl (C=O) groups is 4. The van der Waals surface area contributed by atoms with Gasteiger partial charge in [-0.1, -0.05) is 0 Å². The van der Waals surface area contributed by atoms with Crippen molar-refractivity contribution >= 4 is 23.7 Å². The number of Topliss-reactive ketones (excluding diaryl/α,β-unsaturated/α-hetero) is 1. The number of aromatic amines is 1. The van der Waals surface area contributed by atoms with E-state index in [0.717, 1.165) is 13.4 Å². The number of aliphatic hydroxyl groups is 1. The van der Waals surface area contributed by atoms with Gasteiger partial charge in [0.2, 0.25) is 0 Å². The van der Waals surface area contributed by atoms with Gasteiger partial charge in [-0.25, -0.2) is 9.59 Å². The summed E-state index contributed by atoms with van der Waals surface area (Å²) in [4.78, 5) is 51.4. The van der Waals surface area contributed by atoms with E-state index in [1.807, 2.05) is 0 Å². The number of fused-ring (bicyclic) bond motifs is 1. The molecule has 1 aliphatic carbocycles. The monoisotopic (exact) mass is 349 g/mol. The molecule has 0 bridgehead atoms. The van der Waals surface area contributed by atoms with E-state index in [0.29, 0.717) is 0 Å². The molecular weight excluding hydrogens is 334 g/mol. The van der Waals surface area contributed by atoms with Crippen LogP contribution in [0.3, 0.4) is 0 Å². The predicted octanol–water partition coefficient (Wildman–Crippen LogP) is -0.280. The van der Waals surface area contributed by atoms with Gasteiger partial charge < -0.3 is 24.3 Å². The molecule has 132 valence electrons. The third kappa shape index (κ3) is 2.52. The van der Waals surface area contributed by atoms with Crippen molar-refractivity contribution in [3.63, 3.8) is 0 Å². The SMILES string of the molecule is COC(=O)C1=COC(=O)[C@H]2[C@@H]1C(=O)[C@H](OC(=O)c1ccc[nH]1)[C@]2(C)O. The number of ether oxygens (including phenoxy) is 3. The van der Waals surface area contributed by atoms with Crippen LogP contribution in [0, 0.1) is 11.8 Å². The molecule has 1 aliphatic heterocycles. The quantitative estimate of drug-likeness (QED) is 0.562. The van der Waals surface area contributed by atoms with E-state index in [-0.39, 0.29) is 11.3 Å². The van der Waals surface area contributed by atoms with Crippen molar-refractivity contribution in [2.75, 3.05) is 7.11 Å². The number of nitrogens with one attached hydrogen (secondary N) is 1. The van der Waals surface area contributed by atoms with Crippen LogP contribution in [-0.4, -0.2) is 52.6 Å². The number of H-pyrrole nitrogens is 1. The lowest BCUT2D eigenvalue weighted by atomic mass is 9.81. The molecule has 2 aliphatic rings. The number of esters is 3. The Morgan fingerprint density at radius 2 is 2.04 bits per heavy atom. The van der Waals surface area contributed by atoms with Crippen molar-refractivity contribution in [2.45, 2.75) is 18.6 Å². The second-order valence-corrected chi connectivity index (χ2v) is 5.95. The minimum absolute atomic E-state index is 0.0739. The minimum Gasteiger partial charge on any atom is -0.466 e. The number of ketones is 1. The summed E-state index contributed by atoms with van der Waals surface area (Å²) >= 11 is 0. The fraction of sp³-hybridized carbons (Fsp3) is 0.375. The molecule has 9 heteroatoms. The van der Waals surface area contributed by atoms with Gasteiger partial charge >= 0.3 is 17.9 Å². The number of rotatable bonds is 3. The summed E-state index contributed by atoms with van der Waals surface area (Å²) in [7, 11) is 1.11. The maximum Gasteiger partial charge on any atom is 0.355 e. The van der Waals surface area contributed by atoms with Crippen LogP contribution < -0.4 is 0 Å². The normalized spacial score (nSPS) is 31.0. The molecule has 0 radical (unpaired) electrons. The van der Waals surface area contributed by atoms with Gasteiger partial charge in [0.1, 0.15) is 23.5 Å². The van der Waals surface area contributed by atoms with Crippen LogP contribution in [0.15, 0.2) is 30.2 Å². The Balaban J connectivity index is 1.96. The first-order valence-corrected chi connectivity index (χ1v) is 7.38. The molecule has 2 heterocycles. The fourth-order valence-corrected chi connectivity index (χ4v) is 3.19. The largest absolute Gasteiger partial charge is 0.466 e. The first-order valence-electron chi connectivity index (χ1n) is 7.38. The van der Waals surface area contributed by atoms with Gasteiger partial charge in [-0.3, -0.25) is 9.59 Å². The molecule has 0 unspecified atom stereocenters. The van der Waals surface area contributed by atoms with E-state index in [4.69, 9.17) is 9.47 Å². The molecule has 1 saturated carbocycles. The zero-order valence-electron chi connectivity index (χ0n) is 13.3. The van der Waals surface area contributed by atoms with Gasteiger partial charge in [0.15, 0.2) is 11.9 Å². The highest BCUT2D eigenvalue weighted by Crippen LogP contribution is 2.46. The highest BCUT2D eigenvalue weighted by molar-refractivity contribution is 6.07. The number of methoxy groups -OCH3 is 1. The number of hydrogen-bond acceptors (Lipinski definition) is 8. The number of hydrogen-bond donors (Lipinski definition) is 2. The molecule has 0 saturated heterocycles. The molecule has 4 atom stereocenters. The highest BCUT2D eigenvalue weighted by Gasteiger charge is 2.65. The Morgan fingerprint density at radius 3 is 2.64 bits per heavy atom. The summed E-state index contributed by atoms with van der Waals surface area (Å²) in [5.74, 6) is -6.12. The van der Waals surface area contributed by atoms with Crippen molar-refractivity contribution in [3.8, 4) is 0 Å². The van der Waals surface area contributed by atoms with E-state index in [1.165, 1.54) is 19.2 Å². The fourth-order valence-electron chi connectivity index (χ4n) is 3.19. The molecule has 0 amide bonds. The van der Waals surface area contributed by atoms with E-state index < -0.39 is 47.2 Å². The Labute approximate surface area is 141 Å². The third-order valence-corrected chi connectivity index (χ3v) is 4.41. The molecule has 25 heavy (non-hydrogen) atoms. The maximum atomic E-state index is 12.7. The van der Waals surface area contributed by atoms with Crippen molar-refractivity contribution in [3.05, 3.63) is 35.9 Å². The van der Waals surface area contributed by atoms with E-state index in [2.05, 4.69) is 9.72 Å². The summed E-state index contributed by atoms with van der Waals surface area (Å²) in [5, 5.41) is 10.7. The summed E-state index contributed by atoms with van der Waals surface area (Å²) in [6.45, 7) is 1.18. The second-order valence-electron chi connectivity index (χ2n) is 5.95. The Kier molecular flexibility index (Phi) is 3.96. The van der Waals surface area contributed by atoms with Crippen LogP contribution in [0.4, 0.5) is 0 Å². The van der Waals surface area contributed by atoms with Gasteiger partial charge in [0.05, 0.1) is 18.6 Å². The molecule has 2 N–H and O–H groups in total. The number of cyclic esters (lactones) is 1. The lowest BCUT2D eigenvalue weighted by Gasteiger charge is -2.30. The van der Waals surface area contributed by atoms with Crippen molar-refractivity contribution in [1.29, 1.82) is 0 Å². The van der Waals surface area contributed by atoms with Crippen molar-refractivity contribution in [1.82, 2.24) is 4.98 Å². The van der Waals surface area contributed by atoms with Crippen molar-refractivity contribution in [2.24, 2.45) is 11.8 Å². The molecule has 9 nitrogen and oxygen atoms in total. The smallest absolute Gasteiger partial charge is 0.355 e. The Morgan fingerprint density at radius 1 is 1.32 bits per heavy atom.